The quantitative estimate of drug-likeness (QED) is 0.428. The Hall–Kier alpha value is -1.68. The van der Waals surface area contributed by atoms with Crippen molar-refractivity contribution in [2.75, 3.05) is 13.1 Å². The predicted molar refractivity (Wildman–Crippen MR) is 97.3 cm³/mol. The maximum atomic E-state index is 12.0. The second-order valence-electron chi connectivity index (χ2n) is 4.69. The number of carbonyl (C=O) groups excluding carboxylic acids is 1. The molecule has 0 aliphatic carbocycles. The van der Waals surface area contributed by atoms with Gasteiger partial charge in [-0.15, -0.1) is 23.7 Å². The molecule has 1 heterocycles. The summed E-state index contributed by atoms with van der Waals surface area (Å²) in [5.74, 6) is -0.344. The van der Waals surface area contributed by atoms with Crippen LogP contribution in [0, 0.1) is 17.0 Å². The Morgan fingerprint density at radius 2 is 2.25 bits per heavy atom. The van der Waals surface area contributed by atoms with Crippen LogP contribution in [0.3, 0.4) is 0 Å². The number of aromatic nitrogens is 1. The van der Waals surface area contributed by atoms with Gasteiger partial charge >= 0.3 is 0 Å². The smallest absolute Gasteiger partial charge is 0.284 e. The van der Waals surface area contributed by atoms with Crippen LogP contribution in [0.1, 0.15) is 22.5 Å². The van der Waals surface area contributed by atoms with E-state index in [0.29, 0.717) is 24.4 Å². The minimum Gasteiger partial charge on any atom is -0.352 e. The molecular formula is C14H17ClN4O3S2. The van der Waals surface area contributed by atoms with Gasteiger partial charge in [-0.1, -0.05) is 11.8 Å². The van der Waals surface area contributed by atoms with Gasteiger partial charge in [0.05, 0.1) is 9.82 Å². The second kappa shape index (κ2) is 9.58. The highest BCUT2D eigenvalue weighted by Gasteiger charge is 2.19. The molecule has 1 aromatic carbocycles. The number of rotatable bonds is 7. The van der Waals surface area contributed by atoms with Crippen LogP contribution in [0.15, 0.2) is 32.8 Å². The number of amides is 1. The lowest BCUT2D eigenvalue weighted by Crippen LogP contribution is -2.26. The van der Waals surface area contributed by atoms with Crippen molar-refractivity contribution in [1.82, 2.24) is 10.3 Å². The standard InChI is InChI=1S/C14H16N4O3S2.ClH/c1-9-8-22-14(17-9)23-12-4-3-10(7-11(12)18(20)21)13(19)16-6-2-5-15;/h3-4,7-8H,2,5-6,15H2,1H3,(H,16,19);1H. The topological polar surface area (TPSA) is 111 Å². The number of thiazole rings is 1. The average Bonchev–Trinajstić information content (AvgIpc) is 2.92. The minimum atomic E-state index is -0.487. The summed E-state index contributed by atoms with van der Waals surface area (Å²) in [7, 11) is 0. The van der Waals surface area contributed by atoms with Crippen LogP contribution in [0.2, 0.25) is 0 Å². The molecule has 0 radical (unpaired) electrons. The molecule has 2 rings (SSSR count). The molecule has 0 fully saturated rings. The van der Waals surface area contributed by atoms with Gasteiger partial charge in [0.15, 0.2) is 4.34 Å². The molecule has 0 aliphatic heterocycles. The van der Waals surface area contributed by atoms with Gasteiger partial charge in [0.2, 0.25) is 0 Å². The van der Waals surface area contributed by atoms with Crippen molar-refractivity contribution < 1.29 is 9.72 Å². The molecule has 3 N–H and O–H groups in total. The summed E-state index contributed by atoms with van der Waals surface area (Å²) in [6, 6.07) is 4.45. The molecule has 0 bridgehead atoms. The summed E-state index contributed by atoms with van der Waals surface area (Å²) in [6.07, 6.45) is 0.658. The SMILES string of the molecule is Cc1csc(Sc2ccc(C(=O)NCCCN)cc2[N+](=O)[O-])n1.Cl. The molecule has 0 unspecified atom stereocenters. The normalized spacial score (nSPS) is 10.1. The molecular weight excluding hydrogens is 372 g/mol. The fraction of sp³-hybridized carbons (Fsp3) is 0.286. The fourth-order valence-corrected chi connectivity index (χ4v) is 3.65. The molecule has 130 valence electrons. The first-order valence-electron chi connectivity index (χ1n) is 6.88. The molecule has 7 nitrogen and oxygen atoms in total. The Bertz CT molecular complexity index is 724. The highest BCUT2D eigenvalue weighted by molar-refractivity contribution is 8.01. The third kappa shape index (κ3) is 5.45. The molecule has 1 aromatic heterocycles. The van der Waals surface area contributed by atoms with Crippen LogP contribution >= 0.6 is 35.5 Å². The number of hydrogen-bond donors (Lipinski definition) is 2. The zero-order chi connectivity index (χ0) is 16.8. The molecule has 0 saturated carbocycles. The van der Waals surface area contributed by atoms with Crippen molar-refractivity contribution in [3.05, 3.63) is 45.0 Å². The van der Waals surface area contributed by atoms with E-state index in [0.717, 1.165) is 10.0 Å². The van der Waals surface area contributed by atoms with E-state index >= 15 is 0 Å². The van der Waals surface area contributed by atoms with Crippen molar-refractivity contribution in [3.8, 4) is 0 Å². The van der Waals surface area contributed by atoms with Crippen molar-refractivity contribution in [2.45, 2.75) is 22.6 Å². The maximum Gasteiger partial charge on any atom is 0.284 e. The zero-order valence-electron chi connectivity index (χ0n) is 12.9. The average molecular weight is 389 g/mol. The van der Waals surface area contributed by atoms with Crippen LogP contribution in [-0.4, -0.2) is 28.9 Å². The number of aryl methyl sites for hydroxylation is 1. The Morgan fingerprint density at radius 3 is 2.83 bits per heavy atom. The number of halogens is 1. The summed E-state index contributed by atoms with van der Waals surface area (Å²) < 4.78 is 0.728. The van der Waals surface area contributed by atoms with Crippen LogP contribution < -0.4 is 11.1 Å². The molecule has 24 heavy (non-hydrogen) atoms. The number of nitrogens with zero attached hydrogens (tertiary/aromatic N) is 2. The molecule has 0 atom stereocenters. The van der Waals surface area contributed by atoms with E-state index in [4.69, 9.17) is 5.73 Å². The maximum absolute atomic E-state index is 12.0. The van der Waals surface area contributed by atoms with Crippen LogP contribution in [0.4, 0.5) is 5.69 Å². The largest absolute Gasteiger partial charge is 0.352 e. The van der Waals surface area contributed by atoms with Crippen molar-refractivity contribution in [1.29, 1.82) is 0 Å². The summed E-state index contributed by atoms with van der Waals surface area (Å²) >= 11 is 2.65. The Morgan fingerprint density at radius 1 is 1.50 bits per heavy atom. The van der Waals surface area contributed by atoms with Gasteiger partial charge in [0.25, 0.3) is 11.6 Å². The van der Waals surface area contributed by atoms with Gasteiger partial charge in [0, 0.05) is 29.2 Å². The van der Waals surface area contributed by atoms with Crippen LogP contribution in [-0.2, 0) is 0 Å². The number of carbonyl (C=O) groups is 1. The molecule has 0 aliphatic rings. The summed E-state index contributed by atoms with van der Waals surface area (Å²) in [6.45, 7) is 2.78. The van der Waals surface area contributed by atoms with E-state index in [1.54, 1.807) is 12.1 Å². The predicted octanol–water partition coefficient (Wildman–Crippen LogP) is 3.01. The highest BCUT2D eigenvalue weighted by atomic mass is 35.5. The van der Waals surface area contributed by atoms with Crippen molar-refractivity contribution >= 4 is 47.1 Å². The fourth-order valence-electron chi connectivity index (χ4n) is 1.77. The van der Waals surface area contributed by atoms with Crippen molar-refractivity contribution in [2.24, 2.45) is 5.73 Å². The second-order valence-corrected chi connectivity index (χ2v) is 6.84. The molecule has 2 aromatic rings. The number of nitrogens with one attached hydrogen (secondary N) is 1. The number of benzene rings is 1. The molecule has 1 amide bonds. The lowest BCUT2D eigenvalue weighted by atomic mass is 10.2. The van der Waals surface area contributed by atoms with Gasteiger partial charge in [0.1, 0.15) is 0 Å². The highest BCUT2D eigenvalue weighted by Crippen LogP contribution is 2.36. The van der Waals surface area contributed by atoms with E-state index in [9.17, 15) is 14.9 Å². The Balaban J connectivity index is 0.00000288. The summed E-state index contributed by atoms with van der Waals surface area (Å²) in [5.41, 5.74) is 6.39. The van der Waals surface area contributed by atoms with E-state index in [1.165, 1.54) is 29.2 Å². The molecule has 0 saturated heterocycles. The number of nitro benzene ring substituents is 1. The summed E-state index contributed by atoms with van der Waals surface area (Å²) in [4.78, 5) is 27.5. The van der Waals surface area contributed by atoms with Crippen molar-refractivity contribution in [3.63, 3.8) is 0 Å². The summed E-state index contributed by atoms with van der Waals surface area (Å²) in [5, 5.41) is 15.8. The Kier molecular flexibility index (Phi) is 8.13. The van der Waals surface area contributed by atoms with Crippen LogP contribution in [0.25, 0.3) is 0 Å². The molecule has 0 spiro atoms. The minimum absolute atomic E-state index is 0. The third-order valence-corrected chi connectivity index (χ3v) is 5.00. The van der Waals surface area contributed by atoms with E-state index < -0.39 is 4.92 Å². The first kappa shape index (κ1) is 20.4. The molecule has 10 heteroatoms. The van der Waals surface area contributed by atoms with E-state index in [-0.39, 0.29) is 29.6 Å². The monoisotopic (exact) mass is 388 g/mol. The first-order valence-corrected chi connectivity index (χ1v) is 8.57. The lowest BCUT2D eigenvalue weighted by Gasteiger charge is -2.06. The van der Waals surface area contributed by atoms with Gasteiger partial charge in [-0.2, -0.15) is 0 Å². The van der Waals surface area contributed by atoms with Gasteiger partial charge in [-0.05, 0) is 32.0 Å². The van der Waals surface area contributed by atoms with E-state index in [1.807, 2.05) is 12.3 Å². The van der Waals surface area contributed by atoms with Crippen LogP contribution in [0.5, 0.6) is 0 Å². The Labute approximate surface area is 153 Å². The van der Waals surface area contributed by atoms with Gasteiger partial charge in [-0.3, -0.25) is 14.9 Å². The zero-order valence-corrected chi connectivity index (χ0v) is 15.3. The van der Waals surface area contributed by atoms with Gasteiger partial charge in [-0.25, -0.2) is 4.98 Å². The number of nitrogens with two attached hydrogens (primary N) is 1. The van der Waals surface area contributed by atoms with Gasteiger partial charge < -0.3 is 11.1 Å². The number of nitro groups is 1. The lowest BCUT2D eigenvalue weighted by molar-refractivity contribution is -0.387. The third-order valence-electron chi connectivity index (χ3n) is 2.88. The van der Waals surface area contributed by atoms with E-state index in [2.05, 4.69) is 10.3 Å². The number of hydrogen-bond acceptors (Lipinski definition) is 7. The first-order chi connectivity index (χ1) is 11.0.